The summed E-state index contributed by atoms with van der Waals surface area (Å²) in [6.45, 7) is 3.26. The Labute approximate surface area is 147 Å². The number of rotatable bonds is 2. The van der Waals surface area contributed by atoms with Crippen LogP contribution in [0.3, 0.4) is 0 Å². The number of para-hydroxylation sites is 1. The molecule has 0 spiro atoms. The van der Waals surface area contributed by atoms with E-state index in [1.165, 1.54) is 40.7 Å². The fourth-order valence-electron chi connectivity index (χ4n) is 4.10. The summed E-state index contributed by atoms with van der Waals surface area (Å²) in [7, 11) is 0. The molecule has 1 atom stereocenters. The fraction of sp³-hybridized carbons (Fsp3) is 0.227. The minimum Gasteiger partial charge on any atom is -0.353 e. The van der Waals surface area contributed by atoms with Crippen LogP contribution in [0.15, 0.2) is 60.8 Å². The van der Waals surface area contributed by atoms with Crippen molar-refractivity contribution in [1.82, 2.24) is 14.5 Å². The predicted molar refractivity (Wildman–Crippen MR) is 102 cm³/mol. The van der Waals surface area contributed by atoms with Crippen LogP contribution >= 0.6 is 0 Å². The van der Waals surface area contributed by atoms with Gasteiger partial charge in [0.2, 0.25) is 0 Å². The van der Waals surface area contributed by atoms with Crippen molar-refractivity contribution in [2.24, 2.45) is 0 Å². The number of benzene rings is 2. The summed E-state index contributed by atoms with van der Waals surface area (Å²) in [5.74, 6) is 1.60. The number of aromatic nitrogens is 3. The largest absolute Gasteiger partial charge is 0.353 e. The van der Waals surface area contributed by atoms with Crippen molar-refractivity contribution in [3.05, 3.63) is 77.7 Å². The average molecular weight is 327 g/mol. The summed E-state index contributed by atoms with van der Waals surface area (Å²) in [5.41, 5.74) is 6.09. The monoisotopic (exact) mass is 327 g/mol. The molecule has 0 radical (unpaired) electrons. The number of hydrogen-bond donors (Lipinski definition) is 1. The number of nitrogens with zero attached hydrogens (tertiary/aromatic N) is 2. The van der Waals surface area contributed by atoms with E-state index in [2.05, 4.69) is 77.3 Å². The van der Waals surface area contributed by atoms with Crippen molar-refractivity contribution in [3.8, 4) is 11.4 Å². The standard InChI is InChI=1S/C22H21N3/c1-15-7-2-4-9-17(15)18-10-6-12-25-14-21(24-22(18)25)20-13-16-8-3-5-11-19(16)23-20/h2-5,7-9,11,13-14,18,23H,6,10,12H2,1H3. The van der Waals surface area contributed by atoms with Crippen molar-refractivity contribution in [2.45, 2.75) is 32.2 Å². The van der Waals surface area contributed by atoms with E-state index < -0.39 is 0 Å². The first kappa shape index (κ1) is 14.5. The molecule has 124 valence electrons. The quantitative estimate of drug-likeness (QED) is 0.535. The van der Waals surface area contributed by atoms with E-state index in [-0.39, 0.29) is 0 Å². The first-order valence-electron chi connectivity index (χ1n) is 9.00. The molecule has 0 fully saturated rings. The van der Waals surface area contributed by atoms with Crippen LogP contribution in [0.4, 0.5) is 0 Å². The number of imidazole rings is 1. The Morgan fingerprint density at radius 3 is 2.80 bits per heavy atom. The smallest absolute Gasteiger partial charge is 0.117 e. The van der Waals surface area contributed by atoms with E-state index >= 15 is 0 Å². The number of fused-ring (bicyclic) bond motifs is 2. The van der Waals surface area contributed by atoms with E-state index in [0.29, 0.717) is 5.92 Å². The third-order valence-electron chi connectivity index (χ3n) is 5.38. The van der Waals surface area contributed by atoms with Crippen LogP contribution in [0.25, 0.3) is 22.3 Å². The lowest BCUT2D eigenvalue weighted by Crippen LogP contribution is -2.17. The van der Waals surface area contributed by atoms with Gasteiger partial charge in [-0.3, -0.25) is 0 Å². The van der Waals surface area contributed by atoms with E-state index in [1.54, 1.807) is 0 Å². The van der Waals surface area contributed by atoms with Gasteiger partial charge in [-0.25, -0.2) is 4.98 Å². The molecule has 1 aliphatic heterocycles. The molecule has 2 aromatic carbocycles. The molecule has 25 heavy (non-hydrogen) atoms. The van der Waals surface area contributed by atoms with Gasteiger partial charge < -0.3 is 9.55 Å². The lowest BCUT2D eigenvalue weighted by Gasteiger charge is -2.24. The Balaban J connectivity index is 1.60. The molecule has 0 saturated carbocycles. The van der Waals surface area contributed by atoms with Crippen molar-refractivity contribution in [1.29, 1.82) is 0 Å². The highest BCUT2D eigenvalue weighted by Crippen LogP contribution is 2.36. The van der Waals surface area contributed by atoms with Crippen LogP contribution in [0.1, 0.15) is 35.7 Å². The number of nitrogens with one attached hydrogen (secondary N) is 1. The SMILES string of the molecule is Cc1ccccc1C1CCCn2cc(-c3cc4ccccc4[nH]3)nc21. The van der Waals surface area contributed by atoms with E-state index in [9.17, 15) is 0 Å². The molecule has 1 unspecified atom stereocenters. The molecular weight excluding hydrogens is 306 g/mol. The van der Waals surface area contributed by atoms with Gasteiger partial charge in [0.15, 0.2) is 0 Å². The number of hydrogen-bond acceptors (Lipinski definition) is 1. The third-order valence-corrected chi connectivity index (χ3v) is 5.38. The van der Waals surface area contributed by atoms with E-state index in [4.69, 9.17) is 4.98 Å². The van der Waals surface area contributed by atoms with E-state index in [0.717, 1.165) is 17.9 Å². The van der Waals surface area contributed by atoms with Gasteiger partial charge in [-0.2, -0.15) is 0 Å². The van der Waals surface area contributed by atoms with Crippen molar-refractivity contribution in [2.75, 3.05) is 0 Å². The van der Waals surface area contributed by atoms with Crippen molar-refractivity contribution >= 4 is 10.9 Å². The molecule has 4 aromatic rings. The molecule has 0 amide bonds. The van der Waals surface area contributed by atoms with Gasteiger partial charge in [-0.05, 0) is 43.0 Å². The molecule has 3 heterocycles. The first-order chi connectivity index (χ1) is 12.3. The molecule has 0 aliphatic carbocycles. The third kappa shape index (κ3) is 2.39. The topological polar surface area (TPSA) is 33.6 Å². The highest BCUT2D eigenvalue weighted by atomic mass is 15.1. The Morgan fingerprint density at radius 2 is 1.92 bits per heavy atom. The number of aromatic amines is 1. The highest BCUT2D eigenvalue weighted by molar-refractivity contribution is 5.85. The summed E-state index contributed by atoms with van der Waals surface area (Å²) in [6.07, 6.45) is 4.59. The van der Waals surface area contributed by atoms with Crippen LogP contribution in [0, 0.1) is 6.92 Å². The molecule has 3 heteroatoms. The Bertz CT molecular complexity index is 1020. The van der Waals surface area contributed by atoms with Gasteiger partial charge in [0, 0.05) is 29.6 Å². The second-order valence-electron chi connectivity index (χ2n) is 7.00. The molecule has 0 saturated heterocycles. The minimum atomic E-state index is 0.396. The Kier molecular flexibility index (Phi) is 3.27. The van der Waals surface area contributed by atoms with Gasteiger partial charge in [0.05, 0.1) is 5.69 Å². The maximum atomic E-state index is 5.05. The normalized spacial score (nSPS) is 16.9. The average Bonchev–Trinajstić information content (AvgIpc) is 3.25. The lowest BCUT2D eigenvalue weighted by molar-refractivity contribution is 0.479. The summed E-state index contributed by atoms with van der Waals surface area (Å²) in [5, 5.41) is 1.24. The zero-order valence-corrected chi connectivity index (χ0v) is 14.4. The van der Waals surface area contributed by atoms with Gasteiger partial charge in [0.25, 0.3) is 0 Å². The minimum absolute atomic E-state index is 0.396. The molecule has 3 nitrogen and oxygen atoms in total. The van der Waals surface area contributed by atoms with Gasteiger partial charge in [-0.1, -0.05) is 42.5 Å². The first-order valence-corrected chi connectivity index (χ1v) is 9.00. The van der Waals surface area contributed by atoms with Crippen LogP contribution in [-0.2, 0) is 6.54 Å². The second kappa shape index (κ2) is 5.62. The number of H-pyrrole nitrogens is 1. The molecule has 2 aromatic heterocycles. The maximum absolute atomic E-state index is 5.05. The van der Waals surface area contributed by atoms with Crippen LogP contribution in [-0.4, -0.2) is 14.5 Å². The van der Waals surface area contributed by atoms with Gasteiger partial charge in [-0.15, -0.1) is 0 Å². The van der Waals surface area contributed by atoms with Crippen LogP contribution in [0.2, 0.25) is 0 Å². The summed E-state index contributed by atoms with van der Waals surface area (Å²) < 4.78 is 2.35. The molecule has 0 bridgehead atoms. The van der Waals surface area contributed by atoms with Crippen LogP contribution < -0.4 is 0 Å². The lowest BCUT2D eigenvalue weighted by atomic mass is 9.88. The zero-order chi connectivity index (χ0) is 16.8. The number of aryl methyl sites for hydroxylation is 2. The zero-order valence-electron chi connectivity index (χ0n) is 14.4. The van der Waals surface area contributed by atoms with Gasteiger partial charge in [0.1, 0.15) is 11.5 Å². The van der Waals surface area contributed by atoms with E-state index in [1.807, 2.05) is 0 Å². The summed E-state index contributed by atoms with van der Waals surface area (Å²) in [6, 6.07) is 19.3. The maximum Gasteiger partial charge on any atom is 0.117 e. The fourth-order valence-corrected chi connectivity index (χ4v) is 4.10. The molecule has 1 aliphatic rings. The predicted octanol–water partition coefficient (Wildman–Crippen LogP) is 5.27. The molecule has 1 N–H and O–H groups in total. The van der Waals surface area contributed by atoms with Gasteiger partial charge >= 0.3 is 0 Å². The van der Waals surface area contributed by atoms with Crippen molar-refractivity contribution in [3.63, 3.8) is 0 Å². The molecule has 5 rings (SSSR count). The highest BCUT2D eigenvalue weighted by Gasteiger charge is 2.26. The van der Waals surface area contributed by atoms with Crippen LogP contribution in [0.5, 0.6) is 0 Å². The Hall–Kier alpha value is -2.81. The second-order valence-corrected chi connectivity index (χ2v) is 7.00. The molecular formula is C22H21N3. The Morgan fingerprint density at radius 1 is 1.08 bits per heavy atom. The summed E-state index contributed by atoms with van der Waals surface area (Å²) >= 11 is 0. The van der Waals surface area contributed by atoms with Crippen molar-refractivity contribution < 1.29 is 0 Å². The summed E-state index contributed by atoms with van der Waals surface area (Å²) in [4.78, 5) is 8.56.